The van der Waals surface area contributed by atoms with Crippen molar-refractivity contribution in [1.82, 2.24) is 0 Å². The minimum atomic E-state index is -1.63. The van der Waals surface area contributed by atoms with Gasteiger partial charge in [0.05, 0.1) is 36.6 Å². The van der Waals surface area contributed by atoms with Crippen LogP contribution < -0.4 is 0 Å². The van der Waals surface area contributed by atoms with E-state index < -0.39 is 103 Å². The number of hydrogen-bond acceptors (Lipinski definition) is 16. The van der Waals surface area contributed by atoms with Gasteiger partial charge in [-0.3, -0.25) is 4.79 Å². The number of aliphatic hydroxyl groups is 11. The highest BCUT2D eigenvalue weighted by molar-refractivity contribution is 5.74. The molecule has 2 heterocycles. The Morgan fingerprint density at radius 3 is 2.02 bits per heavy atom. The van der Waals surface area contributed by atoms with Gasteiger partial charge in [-0.05, 0) is 116 Å². The molecule has 0 aromatic heterocycles. The molecule has 1 saturated carbocycles. The van der Waals surface area contributed by atoms with Gasteiger partial charge in [-0.25, -0.2) is 0 Å². The summed E-state index contributed by atoms with van der Waals surface area (Å²) in [5.74, 6) is -0.264. The summed E-state index contributed by atoms with van der Waals surface area (Å²) in [6.07, 6.45) is -7.49. The first-order valence-corrected chi connectivity index (χ1v) is 20.5. The van der Waals surface area contributed by atoms with Crippen LogP contribution in [-0.4, -0.2) is 167 Å². The highest BCUT2D eigenvalue weighted by Crippen LogP contribution is 2.55. The van der Waals surface area contributed by atoms with Crippen LogP contribution in [0.25, 0.3) is 0 Å². The van der Waals surface area contributed by atoms with E-state index in [2.05, 4.69) is 0 Å². The SMILES string of the molecule is C/C(C=O)=C1\CC[C@](C)(O)C(C)(CC/C=C(\C)C(C/C=C(\C)CCC(O)C(C)(C)O)O[C@@H]2O[C@H](CO)[C@@H](O)[C@H](O)[C@H]2O)C1CCCO[C@@H]1O[C@H](CO)[C@@H](O)[C@H](O)[C@H]1O. The Labute approximate surface area is 342 Å². The van der Waals surface area contributed by atoms with Gasteiger partial charge in [0.25, 0.3) is 0 Å². The van der Waals surface area contributed by atoms with Crippen LogP contribution in [-0.2, 0) is 23.7 Å². The summed E-state index contributed by atoms with van der Waals surface area (Å²) in [5.41, 5.74) is -0.0130. The van der Waals surface area contributed by atoms with E-state index in [9.17, 15) is 61.0 Å². The average Bonchev–Trinajstić information content (AvgIpc) is 3.17. The molecular formula is C42H72O16. The van der Waals surface area contributed by atoms with Gasteiger partial charge in [0.2, 0.25) is 0 Å². The van der Waals surface area contributed by atoms with Gasteiger partial charge in [-0.15, -0.1) is 0 Å². The lowest BCUT2D eigenvalue weighted by Crippen LogP contribution is -2.59. The molecule has 58 heavy (non-hydrogen) atoms. The number of carbonyl (C=O) groups is 1. The van der Waals surface area contributed by atoms with Crippen molar-refractivity contribution in [3.8, 4) is 0 Å². The van der Waals surface area contributed by atoms with Gasteiger partial charge in [0.1, 0.15) is 55.1 Å². The second kappa shape index (κ2) is 21.9. The molecule has 0 aromatic carbocycles. The molecule has 0 amide bonds. The summed E-state index contributed by atoms with van der Waals surface area (Å²) in [6, 6.07) is 0. The molecule has 0 bridgehead atoms. The fourth-order valence-corrected chi connectivity index (χ4v) is 8.32. The zero-order valence-electron chi connectivity index (χ0n) is 35.2. The number of aliphatic hydroxyl groups excluding tert-OH is 9. The third kappa shape index (κ3) is 12.4. The quantitative estimate of drug-likeness (QED) is 0.0344. The summed E-state index contributed by atoms with van der Waals surface area (Å²) in [4.78, 5) is 12.1. The van der Waals surface area contributed by atoms with Crippen molar-refractivity contribution < 1.29 is 79.9 Å². The molecule has 3 fully saturated rings. The number of aldehydes is 1. The van der Waals surface area contributed by atoms with E-state index in [1.165, 1.54) is 13.8 Å². The largest absolute Gasteiger partial charge is 0.394 e. The highest BCUT2D eigenvalue weighted by atomic mass is 16.7. The van der Waals surface area contributed by atoms with Crippen LogP contribution in [0.1, 0.15) is 106 Å². The first-order valence-electron chi connectivity index (χ1n) is 20.5. The molecule has 3 rings (SSSR count). The minimum Gasteiger partial charge on any atom is -0.394 e. The van der Waals surface area contributed by atoms with Gasteiger partial charge in [0, 0.05) is 12.0 Å². The zero-order chi connectivity index (χ0) is 43.7. The second-order valence-electron chi connectivity index (χ2n) is 17.6. The van der Waals surface area contributed by atoms with E-state index in [0.29, 0.717) is 63.4 Å². The topological polar surface area (TPSA) is 277 Å². The highest BCUT2D eigenvalue weighted by Gasteiger charge is 2.52. The van der Waals surface area contributed by atoms with Gasteiger partial charge >= 0.3 is 0 Å². The third-order valence-corrected chi connectivity index (χ3v) is 12.8. The average molecular weight is 833 g/mol. The van der Waals surface area contributed by atoms with E-state index >= 15 is 0 Å². The number of allylic oxidation sites excluding steroid dienone is 4. The molecular weight excluding hydrogens is 760 g/mol. The molecule has 15 atom stereocenters. The maximum absolute atomic E-state index is 12.1. The second-order valence-corrected chi connectivity index (χ2v) is 17.6. The molecule has 336 valence electrons. The summed E-state index contributed by atoms with van der Waals surface area (Å²) < 4.78 is 23.2. The van der Waals surface area contributed by atoms with Crippen LogP contribution in [0.15, 0.2) is 34.4 Å². The monoisotopic (exact) mass is 832 g/mol. The lowest BCUT2D eigenvalue weighted by molar-refractivity contribution is -0.308. The molecule has 2 aliphatic heterocycles. The normalized spacial score (nSPS) is 38.7. The van der Waals surface area contributed by atoms with E-state index in [4.69, 9.17) is 18.9 Å². The number of rotatable bonds is 20. The van der Waals surface area contributed by atoms with Crippen molar-refractivity contribution in [3.05, 3.63) is 34.4 Å². The van der Waals surface area contributed by atoms with Crippen molar-refractivity contribution >= 4 is 6.29 Å². The minimum absolute atomic E-state index is 0.0739. The van der Waals surface area contributed by atoms with Crippen LogP contribution in [0.4, 0.5) is 0 Å². The molecule has 16 heteroatoms. The fourth-order valence-electron chi connectivity index (χ4n) is 8.32. The lowest BCUT2D eigenvalue weighted by atomic mass is 9.54. The van der Waals surface area contributed by atoms with Crippen molar-refractivity contribution in [3.63, 3.8) is 0 Å². The summed E-state index contributed by atoms with van der Waals surface area (Å²) in [6.45, 7) is 11.2. The maximum atomic E-state index is 12.1. The molecule has 0 spiro atoms. The van der Waals surface area contributed by atoms with Crippen molar-refractivity contribution in [1.29, 1.82) is 0 Å². The molecule has 16 nitrogen and oxygen atoms in total. The van der Waals surface area contributed by atoms with Gasteiger partial charge in [-0.2, -0.15) is 0 Å². The first-order chi connectivity index (χ1) is 27.0. The Morgan fingerprint density at radius 1 is 0.897 bits per heavy atom. The standard InChI is InChI=1S/C42H72O16/c1-23(13-15-31(46)40(4,5)53)12-14-28(56-39-37(52)35(50)33(48)30(22-45)58-39)24(2)10-8-17-41(6)27(26(25(3)20-43)16-18-42(41,7)54)11-9-19-55-38-36(51)34(49)32(47)29(21-44)57-38/h10,12,20,27-39,44-54H,8-9,11,13-19,21-22H2,1-7H3/b23-12+,24-10+,26-25-/t27?,28?,29-,30-,31?,32-,33-,34+,35+,36-,37-,38-,39-,41?,42+/m1/s1. The predicted octanol–water partition coefficient (Wildman–Crippen LogP) is 0.426. The van der Waals surface area contributed by atoms with E-state index in [-0.39, 0.29) is 12.5 Å². The Morgan fingerprint density at radius 2 is 1.47 bits per heavy atom. The Bertz CT molecular complexity index is 1390. The van der Waals surface area contributed by atoms with E-state index in [1.807, 2.05) is 32.9 Å². The Balaban J connectivity index is 1.84. The van der Waals surface area contributed by atoms with Crippen LogP contribution >= 0.6 is 0 Å². The molecule has 11 N–H and O–H groups in total. The molecule has 1 aliphatic carbocycles. The number of ether oxygens (including phenoxy) is 4. The summed E-state index contributed by atoms with van der Waals surface area (Å²) >= 11 is 0. The van der Waals surface area contributed by atoms with Crippen molar-refractivity contribution in [2.45, 2.75) is 191 Å². The van der Waals surface area contributed by atoms with Gasteiger partial charge in [0.15, 0.2) is 12.6 Å². The molecule has 2 saturated heterocycles. The van der Waals surface area contributed by atoms with E-state index in [0.717, 1.165) is 23.0 Å². The molecule has 4 unspecified atom stereocenters. The van der Waals surface area contributed by atoms with Crippen LogP contribution in [0.5, 0.6) is 0 Å². The van der Waals surface area contributed by atoms with Crippen molar-refractivity contribution in [2.75, 3.05) is 19.8 Å². The molecule has 3 aliphatic rings. The Kier molecular flexibility index (Phi) is 19.1. The predicted molar refractivity (Wildman–Crippen MR) is 211 cm³/mol. The fraction of sp³-hybridized carbons (Fsp3) is 0.833. The lowest BCUT2D eigenvalue weighted by Gasteiger charge is -2.53. The van der Waals surface area contributed by atoms with Crippen LogP contribution in [0.2, 0.25) is 0 Å². The summed E-state index contributed by atoms with van der Waals surface area (Å²) in [5, 5.41) is 114. The van der Waals surface area contributed by atoms with Crippen LogP contribution in [0, 0.1) is 11.3 Å². The van der Waals surface area contributed by atoms with E-state index in [1.54, 1.807) is 13.8 Å². The number of hydrogen-bond donors (Lipinski definition) is 11. The molecule has 0 aromatic rings. The van der Waals surface area contributed by atoms with Gasteiger partial charge in [-0.1, -0.05) is 30.2 Å². The summed E-state index contributed by atoms with van der Waals surface area (Å²) in [7, 11) is 0. The number of carbonyl (C=O) groups excluding carboxylic acids is 1. The molecule has 0 radical (unpaired) electrons. The Hall–Kier alpha value is -1.71. The smallest absolute Gasteiger partial charge is 0.187 e. The van der Waals surface area contributed by atoms with Crippen LogP contribution in [0.3, 0.4) is 0 Å². The van der Waals surface area contributed by atoms with Gasteiger partial charge < -0.3 is 75.1 Å². The maximum Gasteiger partial charge on any atom is 0.187 e. The zero-order valence-corrected chi connectivity index (χ0v) is 35.2. The third-order valence-electron chi connectivity index (χ3n) is 12.8. The van der Waals surface area contributed by atoms with Crippen molar-refractivity contribution in [2.24, 2.45) is 11.3 Å². The first kappa shape index (κ1) is 50.6.